The third-order valence-electron chi connectivity index (χ3n) is 4.26. The van der Waals surface area contributed by atoms with E-state index in [4.69, 9.17) is 9.47 Å². The molecule has 0 aliphatic carbocycles. The molecular formula is C19H22N4O4. The largest absolute Gasteiger partial charge is 0.474 e. The van der Waals surface area contributed by atoms with Gasteiger partial charge in [0.05, 0.1) is 7.11 Å². The molecule has 0 atom stereocenters. The number of carbonyl (C=O) groups excluding carboxylic acids is 2. The van der Waals surface area contributed by atoms with Crippen molar-refractivity contribution < 1.29 is 19.1 Å². The summed E-state index contributed by atoms with van der Waals surface area (Å²) in [4.78, 5) is 33.6. The van der Waals surface area contributed by atoms with Gasteiger partial charge in [-0.1, -0.05) is 0 Å². The summed E-state index contributed by atoms with van der Waals surface area (Å²) in [6.07, 6.45) is 3.03. The number of rotatable bonds is 5. The van der Waals surface area contributed by atoms with Gasteiger partial charge in [0.25, 0.3) is 5.91 Å². The van der Waals surface area contributed by atoms with Gasteiger partial charge in [0.15, 0.2) is 0 Å². The van der Waals surface area contributed by atoms with Gasteiger partial charge in [-0.25, -0.2) is 4.98 Å². The summed E-state index contributed by atoms with van der Waals surface area (Å²) in [7, 11) is 1.51. The van der Waals surface area contributed by atoms with Crippen LogP contribution in [0.2, 0.25) is 0 Å². The fraction of sp³-hybridized carbons (Fsp3) is 0.368. The van der Waals surface area contributed by atoms with Gasteiger partial charge in [-0.05, 0) is 24.3 Å². The van der Waals surface area contributed by atoms with Crippen molar-refractivity contribution in [2.75, 3.05) is 25.5 Å². The monoisotopic (exact) mass is 370 g/mol. The number of hydrogen-bond acceptors (Lipinski definition) is 6. The summed E-state index contributed by atoms with van der Waals surface area (Å²) in [5.41, 5.74) is 1.27. The first kappa shape index (κ1) is 18.6. The van der Waals surface area contributed by atoms with Gasteiger partial charge in [-0.3, -0.25) is 9.59 Å². The molecule has 142 valence electrons. The number of hydrogen-bond donors (Lipinski definition) is 1. The Labute approximate surface area is 157 Å². The van der Waals surface area contributed by atoms with Crippen LogP contribution in [0.1, 0.15) is 30.1 Å². The molecule has 2 amide bonds. The Morgan fingerprint density at radius 3 is 2.48 bits per heavy atom. The van der Waals surface area contributed by atoms with Gasteiger partial charge in [-0.2, -0.15) is 4.98 Å². The van der Waals surface area contributed by atoms with Crippen LogP contribution >= 0.6 is 0 Å². The molecule has 2 aromatic rings. The number of benzene rings is 1. The van der Waals surface area contributed by atoms with Crippen LogP contribution in [-0.2, 0) is 4.79 Å². The van der Waals surface area contributed by atoms with Crippen molar-refractivity contribution in [1.29, 1.82) is 0 Å². The van der Waals surface area contributed by atoms with Gasteiger partial charge in [-0.15, -0.1) is 0 Å². The summed E-state index contributed by atoms with van der Waals surface area (Å²) < 4.78 is 10.9. The van der Waals surface area contributed by atoms with Crippen molar-refractivity contribution in [2.45, 2.75) is 25.9 Å². The van der Waals surface area contributed by atoms with Crippen LogP contribution in [0.3, 0.4) is 0 Å². The van der Waals surface area contributed by atoms with Gasteiger partial charge in [0.1, 0.15) is 6.10 Å². The van der Waals surface area contributed by atoms with Crippen LogP contribution in [0, 0.1) is 0 Å². The van der Waals surface area contributed by atoms with Crippen LogP contribution in [0.4, 0.5) is 5.69 Å². The molecule has 8 heteroatoms. The lowest BCUT2D eigenvalue weighted by Crippen LogP contribution is -2.41. The highest BCUT2D eigenvalue weighted by molar-refractivity contribution is 5.95. The smallest absolute Gasteiger partial charge is 0.319 e. The number of carbonyl (C=O) groups is 2. The summed E-state index contributed by atoms with van der Waals surface area (Å²) in [5, 5.41) is 2.69. The molecule has 3 rings (SSSR count). The first-order chi connectivity index (χ1) is 13.0. The molecule has 0 bridgehead atoms. The van der Waals surface area contributed by atoms with E-state index < -0.39 is 0 Å². The summed E-state index contributed by atoms with van der Waals surface area (Å²) in [5.74, 6) is 0.309. The minimum Gasteiger partial charge on any atom is -0.474 e. The second-order valence-corrected chi connectivity index (χ2v) is 6.25. The van der Waals surface area contributed by atoms with E-state index in [1.54, 1.807) is 36.5 Å². The van der Waals surface area contributed by atoms with Gasteiger partial charge >= 0.3 is 6.01 Å². The van der Waals surface area contributed by atoms with Crippen LogP contribution in [-0.4, -0.2) is 53.0 Å². The normalized spacial score (nSPS) is 14.5. The Bertz CT molecular complexity index is 802. The van der Waals surface area contributed by atoms with Gasteiger partial charge in [0.2, 0.25) is 11.8 Å². The number of nitrogens with one attached hydrogen (secondary N) is 1. The zero-order chi connectivity index (χ0) is 19.2. The van der Waals surface area contributed by atoms with Crippen molar-refractivity contribution in [1.82, 2.24) is 14.9 Å². The zero-order valence-corrected chi connectivity index (χ0v) is 15.3. The molecule has 0 saturated carbocycles. The molecule has 0 radical (unpaired) electrons. The molecule has 0 unspecified atom stereocenters. The zero-order valence-electron chi connectivity index (χ0n) is 15.3. The van der Waals surface area contributed by atoms with E-state index in [1.165, 1.54) is 14.0 Å². The molecule has 1 saturated heterocycles. The second kappa shape index (κ2) is 8.48. The van der Waals surface area contributed by atoms with E-state index in [9.17, 15) is 9.59 Å². The van der Waals surface area contributed by atoms with E-state index in [-0.39, 0.29) is 23.9 Å². The van der Waals surface area contributed by atoms with Crippen LogP contribution in [0.15, 0.2) is 36.5 Å². The van der Waals surface area contributed by atoms with Gasteiger partial charge < -0.3 is 19.7 Å². The molecule has 1 fully saturated rings. The number of nitrogens with zero attached hydrogens (tertiary/aromatic N) is 3. The van der Waals surface area contributed by atoms with Crippen molar-refractivity contribution in [3.05, 3.63) is 42.1 Å². The molecule has 1 aromatic heterocycles. The number of methoxy groups -OCH3 is 1. The number of piperidine rings is 1. The lowest BCUT2D eigenvalue weighted by molar-refractivity contribution is -0.114. The van der Waals surface area contributed by atoms with Gasteiger partial charge in [0, 0.05) is 56.4 Å². The van der Waals surface area contributed by atoms with E-state index in [0.717, 1.165) is 12.8 Å². The third-order valence-corrected chi connectivity index (χ3v) is 4.26. The predicted octanol–water partition coefficient (Wildman–Crippen LogP) is 2.13. The van der Waals surface area contributed by atoms with Crippen LogP contribution < -0.4 is 14.8 Å². The Morgan fingerprint density at radius 1 is 1.15 bits per heavy atom. The Hall–Kier alpha value is -3.16. The lowest BCUT2D eigenvalue weighted by Gasteiger charge is -2.32. The standard InChI is InChI=1S/C19H22N4O4/c1-13(24)21-15-5-3-14(4-6-15)18(25)23-11-8-16(9-12-23)27-17-7-10-20-19(22-17)26-2/h3-7,10,16H,8-9,11-12H2,1-2H3,(H,21,24). The highest BCUT2D eigenvalue weighted by Gasteiger charge is 2.25. The maximum absolute atomic E-state index is 12.6. The average molecular weight is 370 g/mol. The Morgan fingerprint density at radius 2 is 1.85 bits per heavy atom. The van der Waals surface area contributed by atoms with Crippen LogP contribution in [0.25, 0.3) is 0 Å². The molecule has 1 aliphatic heterocycles. The average Bonchev–Trinajstić information content (AvgIpc) is 2.68. The van der Waals surface area contributed by atoms with Crippen molar-refractivity contribution in [3.63, 3.8) is 0 Å². The van der Waals surface area contributed by atoms with E-state index in [2.05, 4.69) is 15.3 Å². The highest BCUT2D eigenvalue weighted by Crippen LogP contribution is 2.20. The summed E-state index contributed by atoms with van der Waals surface area (Å²) >= 11 is 0. The van der Waals surface area contributed by atoms with Crippen molar-refractivity contribution >= 4 is 17.5 Å². The minimum atomic E-state index is -0.141. The van der Waals surface area contributed by atoms with E-state index in [0.29, 0.717) is 30.2 Å². The molecule has 2 heterocycles. The molecule has 27 heavy (non-hydrogen) atoms. The Kier molecular flexibility index (Phi) is 5.85. The number of likely N-dealkylation sites (tertiary alicyclic amines) is 1. The SMILES string of the molecule is COc1nccc(OC2CCN(C(=O)c3ccc(NC(C)=O)cc3)CC2)n1. The Balaban J connectivity index is 1.53. The van der Waals surface area contributed by atoms with E-state index in [1.807, 2.05) is 4.90 Å². The lowest BCUT2D eigenvalue weighted by atomic mass is 10.1. The van der Waals surface area contributed by atoms with Crippen molar-refractivity contribution in [3.8, 4) is 11.9 Å². The molecule has 0 spiro atoms. The van der Waals surface area contributed by atoms with Crippen molar-refractivity contribution in [2.24, 2.45) is 0 Å². The minimum absolute atomic E-state index is 0.00389. The summed E-state index contributed by atoms with van der Waals surface area (Å²) in [6, 6.07) is 8.87. The third kappa shape index (κ3) is 4.93. The molecule has 1 aromatic carbocycles. The van der Waals surface area contributed by atoms with E-state index >= 15 is 0 Å². The second-order valence-electron chi connectivity index (χ2n) is 6.25. The first-order valence-electron chi connectivity index (χ1n) is 8.76. The maximum Gasteiger partial charge on any atom is 0.319 e. The quantitative estimate of drug-likeness (QED) is 0.867. The van der Waals surface area contributed by atoms with Crippen LogP contribution in [0.5, 0.6) is 11.9 Å². The number of ether oxygens (including phenoxy) is 2. The first-order valence-corrected chi connectivity index (χ1v) is 8.76. The highest BCUT2D eigenvalue weighted by atomic mass is 16.5. The fourth-order valence-corrected chi connectivity index (χ4v) is 2.92. The molecule has 1 N–H and O–H groups in total. The fourth-order valence-electron chi connectivity index (χ4n) is 2.92. The number of aromatic nitrogens is 2. The topological polar surface area (TPSA) is 93.7 Å². The number of anilines is 1. The predicted molar refractivity (Wildman–Crippen MR) is 98.9 cm³/mol. The maximum atomic E-state index is 12.6. The summed E-state index contributed by atoms with van der Waals surface area (Å²) in [6.45, 7) is 2.67. The molecule has 8 nitrogen and oxygen atoms in total. The number of amides is 2. The molecule has 1 aliphatic rings. The molecular weight excluding hydrogens is 348 g/mol.